The summed E-state index contributed by atoms with van der Waals surface area (Å²) in [6.07, 6.45) is 0. The number of benzene rings is 1. The number of fused-ring (bicyclic) bond motifs is 1. The molecule has 7 heteroatoms. The van der Waals surface area contributed by atoms with Crippen LogP contribution in [0.5, 0.6) is 0 Å². The minimum atomic E-state index is -1.51. The number of likely N-dealkylation sites (N-methyl/N-ethyl adjacent to an activating group) is 1. The first-order valence-electron chi connectivity index (χ1n) is 7.97. The smallest absolute Gasteiger partial charge is 0.281 e. The number of rotatable bonds is 2. The molecule has 1 atom stereocenters. The maximum absolute atomic E-state index is 12.6. The summed E-state index contributed by atoms with van der Waals surface area (Å²) in [5.74, 6) is 0.468. The SMILES string of the molecule is Cc1noc(C)c1-c1ccc2c(c1)/C(=N\[S@@+]([O-])C(C)(C)C)C(=O)N2C. The van der Waals surface area contributed by atoms with Gasteiger partial charge < -0.3 is 14.0 Å². The highest BCUT2D eigenvalue weighted by atomic mass is 32.2. The van der Waals surface area contributed by atoms with Crippen LogP contribution in [0.4, 0.5) is 5.69 Å². The fraction of sp³-hybridized carbons (Fsp3) is 0.389. The van der Waals surface area contributed by atoms with Gasteiger partial charge in [-0.15, -0.1) is 0 Å². The van der Waals surface area contributed by atoms with E-state index in [1.807, 2.05) is 52.8 Å². The summed E-state index contributed by atoms with van der Waals surface area (Å²) >= 11 is -1.51. The standard InChI is InChI=1S/C18H21N3O3S/c1-10-15(11(2)24-19-10)12-7-8-14-13(9-12)16(17(22)21(14)6)20-25(23)18(3,4)5/h7-9H,1-6H3/b20-16+/t25-/m0/s1. The molecule has 132 valence electrons. The zero-order valence-electron chi connectivity index (χ0n) is 15.2. The molecule has 0 fully saturated rings. The average Bonchev–Trinajstić information content (AvgIpc) is 2.98. The van der Waals surface area contributed by atoms with Gasteiger partial charge in [-0.05, 0) is 52.3 Å². The molecular formula is C18H21N3O3S. The summed E-state index contributed by atoms with van der Waals surface area (Å²) in [6.45, 7) is 9.22. The zero-order chi connectivity index (χ0) is 18.5. The lowest BCUT2D eigenvalue weighted by Gasteiger charge is -2.18. The van der Waals surface area contributed by atoms with E-state index >= 15 is 0 Å². The van der Waals surface area contributed by atoms with Crippen LogP contribution in [-0.2, 0) is 16.2 Å². The molecule has 2 aromatic rings. The van der Waals surface area contributed by atoms with Gasteiger partial charge in [-0.2, -0.15) is 0 Å². The Hall–Kier alpha value is -2.12. The van der Waals surface area contributed by atoms with Gasteiger partial charge in [0.15, 0.2) is 5.71 Å². The number of hydrogen-bond acceptors (Lipinski definition) is 5. The van der Waals surface area contributed by atoms with Crippen LogP contribution in [0.2, 0.25) is 0 Å². The fourth-order valence-corrected chi connectivity index (χ4v) is 3.38. The number of aromatic nitrogens is 1. The summed E-state index contributed by atoms with van der Waals surface area (Å²) in [6, 6.07) is 5.69. The Morgan fingerprint density at radius 3 is 2.52 bits per heavy atom. The van der Waals surface area contributed by atoms with Crippen molar-refractivity contribution in [3.8, 4) is 11.1 Å². The van der Waals surface area contributed by atoms with E-state index in [2.05, 4.69) is 9.55 Å². The third kappa shape index (κ3) is 2.98. The van der Waals surface area contributed by atoms with Gasteiger partial charge in [-0.25, -0.2) is 0 Å². The molecule has 0 bridgehead atoms. The van der Waals surface area contributed by atoms with Crippen molar-refractivity contribution >= 4 is 28.7 Å². The molecule has 1 aliphatic rings. The summed E-state index contributed by atoms with van der Waals surface area (Å²) in [5, 5.41) is 3.98. The van der Waals surface area contributed by atoms with Crippen molar-refractivity contribution in [3.05, 3.63) is 35.2 Å². The van der Waals surface area contributed by atoms with E-state index in [1.54, 1.807) is 7.05 Å². The van der Waals surface area contributed by atoms with Crippen molar-refractivity contribution in [2.75, 3.05) is 11.9 Å². The minimum absolute atomic E-state index is 0.236. The summed E-state index contributed by atoms with van der Waals surface area (Å²) in [7, 11) is 1.69. The fourth-order valence-electron chi connectivity index (χ4n) is 2.76. The van der Waals surface area contributed by atoms with Crippen LogP contribution in [0.1, 0.15) is 37.8 Å². The van der Waals surface area contributed by atoms with Crippen LogP contribution < -0.4 is 4.90 Å². The van der Waals surface area contributed by atoms with E-state index in [0.29, 0.717) is 11.3 Å². The second kappa shape index (κ2) is 6.00. The molecule has 1 aromatic carbocycles. The molecule has 3 rings (SSSR count). The number of carbonyl (C=O) groups excluding carboxylic acids is 1. The Kier molecular flexibility index (Phi) is 4.25. The Morgan fingerprint density at radius 1 is 1.28 bits per heavy atom. The first kappa shape index (κ1) is 17.7. The van der Waals surface area contributed by atoms with Crippen LogP contribution in [0.25, 0.3) is 11.1 Å². The monoisotopic (exact) mass is 359 g/mol. The molecule has 1 aliphatic heterocycles. The summed E-state index contributed by atoms with van der Waals surface area (Å²) in [4.78, 5) is 14.1. The third-order valence-electron chi connectivity index (χ3n) is 4.14. The van der Waals surface area contributed by atoms with E-state index in [-0.39, 0.29) is 11.6 Å². The topological polar surface area (TPSA) is 81.8 Å². The van der Waals surface area contributed by atoms with Gasteiger partial charge in [-0.3, -0.25) is 4.79 Å². The van der Waals surface area contributed by atoms with E-state index in [1.165, 1.54) is 4.90 Å². The number of hydrogen-bond donors (Lipinski definition) is 0. The molecule has 1 aromatic heterocycles. The lowest BCUT2D eigenvalue weighted by molar-refractivity contribution is -0.111. The average molecular weight is 359 g/mol. The molecular weight excluding hydrogens is 338 g/mol. The highest BCUT2D eigenvalue weighted by Crippen LogP contribution is 2.35. The predicted molar refractivity (Wildman–Crippen MR) is 99.3 cm³/mol. The van der Waals surface area contributed by atoms with Crippen molar-refractivity contribution in [1.82, 2.24) is 5.16 Å². The van der Waals surface area contributed by atoms with Crippen molar-refractivity contribution in [1.29, 1.82) is 0 Å². The predicted octanol–water partition coefficient (Wildman–Crippen LogP) is 3.19. The second-order valence-electron chi connectivity index (χ2n) is 7.10. The van der Waals surface area contributed by atoms with E-state index in [4.69, 9.17) is 4.52 Å². The molecule has 0 saturated carbocycles. The highest BCUT2D eigenvalue weighted by molar-refractivity contribution is 7.91. The lowest BCUT2D eigenvalue weighted by atomic mass is 10.00. The molecule has 6 nitrogen and oxygen atoms in total. The van der Waals surface area contributed by atoms with Gasteiger partial charge in [0.2, 0.25) is 0 Å². The summed E-state index contributed by atoms with van der Waals surface area (Å²) in [5.41, 5.74) is 4.26. The zero-order valence-corrected chi connectivity index (χ0v) is 16.0. The molecule has 0 spiro atoms. The number of nitrogens with zero attached hydrogens (tertiary/aromatic N) is 3. The highest BCUT2D eigenvalue weighted by Gasteiger charge is 2.36. The molecule has 0 aliphatic carbocycles. The van der Waals surface area contributed by atoms with E-state index < -0.39 is 16.1 Å². The Bertz CT molecular complexity index is 861. The molecule has 25 heavy (non-hydrogen) atoms. The third-order valence-corrected chi connectivity index (χ3v) is 5.54. The Labute approximate surface area is 150 Å². The van der Waals surface area contributed by atoms with Gasteiger partial charge in [0.25, 0.3) is 5.91 Å². The second-order valence-corrected chi connectivity index (χ2v) is 9.00. The van der Waals surface area contributed by atoms with Gasteiger partial charge in [0.1, 0.15) is 21.9 Å². The largest absolute Gasteiger partial charge is 0.591 e. The number of aryl methyl sites for hydroxylation is 2. The van der Waals surface area contributed by atoms with Gasteiger partial charge in [-0.1, -0.05) is 15.6 Å². The lowest BCUT2D eigenvalue weighted by Crippen LogP contribution is -2.30. The molecule has 1 amide bonds. The van der Waals surface area contributed by atoms with Crippen LogP contribution >= 0.6 is 0 Å². The van der Waals surface area contributed by atoms with Gasteiger partial charge in [0, 0.05) is 18.2 Å². The maximum atomic E-state index is 12.6. The van der Waals surface area contributed by atoms with Gasteiger partial charge in [0.05, 0.1) is 11.4 Å². The quantitative estimate of drug-likeness (QED) is 0.771. The van der Waals surface area contributed by atoms with Crippen LogP contribution in [0.3, 0.4) is 0 Å². The Morgan fingerprint density at radius 2 is 1.96 bits per heavy atom. The number of anilines is 1. The van der Waals surface area contributed by atoms with Crippen LogP contribution in [0, 0.1) is 13.8 Å². The van der Waals surface area contributed by atoms with Crippen LogP contribution in [0.15, 0.2) is 27.1 Å². The number of carbonyl (C=O) groups is 1. The normalized spacial score (nSPS) is 17.3. The minimum Gasteiger partial charge on any atom is -0.591 e. The van der Waals surface area contributed by atoms with E-state index in [0.717, 1.165) is 22.5 Å². The van der Waals surface area contributed by atoms with Crippen molar-refractivity contribution in [3.63, 3.8) is 0 Å². The van der Waals surface area contributed by atoms with Crippen LogP contribution in [-0.4, -0.2) is 33.1 Å². The first-order chi connectivity index (χ1) is 11.6. The molecule has 2 heterocycles. The first-order valence-corrected chi connectivity index (χ1v) is 9.08. The van der Waals surface area contributed by atoms with E-state index in [9.17, 15) is 9.35 Å². The number of amides is 1. The Balaban J connectivity index is 2.15. The van der Waals surface area contributed by atoms with Crippen molar-refractivity contribution in [2.45, 2.75) is 39.4 Å². The van der Waals surface area contributed by atoms with Gasteiger partial charge >= 0.3 is 0 Å². The molecule has 0 saturated heterocycles. The molecule has 0 N–H and O–H groups in total. The van der Waals surface area contributed by atoms with Crippen molar-refractivity contribution in [2.24, 2.45) is 4.40 Å². The summed E-state index contributed by atoms with van der Waals surface area (Å²) < 4.78 is 21.4. The van der Waals surface area contributed by atoms with Crippen molar-refractivity contribution < 1.29 is 13.9 Å². The molecule has 0 unspecified atom stereocenters. The maximum Gasteiger partial charge on any atom is 0.281 e. The molecule has 0 radical (unpaired) electrons.